The molecule has 0 aliphatic heterocycles. The Morgan fingerprint density at radius 2 is 2.00 bits per heavy atom. The Labute approximate surface area is 171 Å². The summed E-state index contributed by atoms with van der Waals surface area (Å²) in [4.78, 5) is 9.48. The van der Waals surface area contributed by atoms with Crippen molar-refractivity contribution in [2.45, 2.75) is 26.3 Å². The average molecular weight is 500 g/mol. The Morgan fingerprint density at radius 1 is 1.27 bits per heavy atom. The fourth-order valence-corrected chi connectivity index (χ4v) is 2.87. The van der Waals surface area contributed by atoms with E-state index in [1.165, 1.54) is 12.1 Å². The first-order valence-electron chi connectivity index (χ1n) is 7.57. The SMILES string of the molecule is CN=C(NCCc1ncc(C)s1)NCc1ccccc1OC(F)(F)F.I. The van der Waals surface area contributed by atoms with E-state index in [0.717, 1.165) is 16.3 Å². The maximum absolute atomic E-state index is 12.4. The number of benzene rings is 1. The predicted octanol–water partition coefficient (Wildman–Crippen LogP) is 3.88. The summed E-state index contributed by atoms with van der Waals surface area (Å²) in [6.07, 6.45) is -2.15. The highest BCUT2D eigenvalue weighted by atomic mass is 127. The molecule has 0 unspecified atom stereocenters. The van der Waals surface area contributed by atoms with Crippen LogP contribution in [0.3, 0.4) is 0 Å². The van der Waals surface area contributed by atoms with Gasteiger partial charge in [0.25, 0.3) is 0 Å². The summed E-state index contributed by atoms with van der Waals surface area (Å²) in [5.74, 6) is 0.270. The molecule has 0 aliphatic rings. The summed E-state index contributed by atoms with van der Waals surface area (Å²) in [5.41, 5.74) is 0.387. The molecule has 0 fully saturated rings. The van der Waals surface area contributed by atoms with Gasteiger partial charge in [0.15, 0.2) is 5.96 Å². The van der Waals surface area contributed by atoms with Gasteiger partial charge in [0.2, 0.25) is 0 Å². The van der Waals surface area contributed by atoms with Crippen molar-refractivity contribution in [3.63, 3.8) is 0 Å². The van der Waals surface area contributed by atoms with Crippen LogP contribution in [0.4, 0.5) is 13.2 Å². The fraction of sp³-hybridized carbons (Fsp3) is 0.375. The van der Waals surface area contributed by atoms with Gasteiger partial charge in [-0.2, -0.15) is 0 Å². The zero-order valence-electron chi connectivity index (χ0n) is 14.3. The number of rotatable bonds is 6. The van der Waals surface area contributed by atoms with Crippen LogP contribution in [0.2, 0.25) is 0 Å². The van der Waals surface area contributed by atoms with Crippen molar-refractivity contribution in [3.05, 3.63) is 45.9 Å². The zero-order valence-corrected chi connectivity index (χ0v) is 17.4. The standard InChI is InChI=1S/C16H19F3N4OS.HI/c1-11-9-22-14(25-11)7-8-21-15(20-2)23-10-12-5-3-4-6-13(12)24-16(17,18)19;/h3-6,9H,7-8,10H2,1-2H3,(H2,20,21,23);1H. The highest BCUT2D eigenvalue weighted by Gasteiger charge is 2.31. The van der Waals surface area contributed by atoms with Crippen LogP contribution >= 0.6 is 35.3 Å². The van der Waals surface area contributed by atoms with Gasteiger partial charge in [-0.15, -0.1) is 48.5 Å². The Balaban J connectivity index is 0.00000338. The van der Waals surface area contributed by atoms with Gasteiger partial charge in [-0.25, -0.2) is 4.98 Å². The van der Waals surface area contributed by atoms with Crippen molar-refractivity contribution < 1.29 is 17.9 Å². The van der Waals surface area contributed by atoms with Crippen molar-refractivity contribution in [1.82, 2.24) is 15.6 Å². The summed E-state index contributed by atoms with van der Waals surface area (Å²) in [6.45, 7) is 2.77. The van der Waals surface area contributed by atoms with Crippen molar-refractivity contribution in [2.24, 2.45) is 4.99 Å². The van der Waals surface area contributed by atoms with E-state index in [-0.39, 0.29) is 36.3 Å². The first-order chi connectivity index (χ1) is 11.9. The molecule has 2 rings (SSSR count). The van der Waals surface area contributed by atoms with E-state index in [0.29, 0.717) is 18.1 Å². The molecule has 0 saturated carbocycles. The number of hydrogen-bond acceptors (Lipinski definition) is 4. The molecular weight excluding hydrogens is 480 g/mol. The molecule has 1 aromatic heterocycles. The molecule has 5 nitrogen and oxygen atoms in total. The molecular formula is C16H20F3IN4OS. The normalized spacial score (nSPS) is 11.7. The number of alkyl halides is 3. The lowest BCUT2D eigenvalue weighted by Gasteiger charge is -2.15. The molecule has 2 N–H and O–H groups in total. The van der Waals surface area contributed by atoms with Crippen molar-refractivity contribution in [2.75, 3.05) is 13.6 Å². The maximum Gasteiger partial charge on any atom is 0.573 e. The second-order valence-electron chi connectivity index (χ2n) is 5.12. The topological polar surface area (TPSA) is 58.5 Å². The molecule has 0 saturated heterocycles. The van der Waals surface area contributed by atoms with E-state index in [1.54, 1.807) is 30.5 Å². The van der Waals surface area contributed by atoms with Crippen molar-refractivity contribution >= 4 is 41.3 Å². The van der Waals surface area contributed by atoms with E-state index >= 15 is 0 Å². The van der Waals surface area contributed by atoms with E-state index in [1.807, 2.05) is 13.1 Å². The van der Waals surface area contributed by atoms with Gasteiger partial charge >= 0.3 is 6.36 Å². The van der Waals surface area contributed by atoms with Gasteiger partial charge in [0.1, 0.15) is 5.75 Å². The van der Waals surface area contributed by atoms with Crippen LogP contribution in [0.25, 0.3) is 0 Å². The highest BCUT2D eigenvalue weighted by molar-refractivity contribution is 14.0. The zero-order chi connectivity index (χ0) is 18.3. The highest BCUT2D eigenvalue weighted by Crippen LogP contribution is 2.26. The summed E-state index contributed by atoms with van der Waals surface area (Å²) in [5, 5.41) is 7.10. The fourth-order valence-electron chi connectivity index (χ4n) is 2.08. The van der Waals surface area contributed by atoms with Gasteiger partial charge in [-0.1, -0.05) is 18.2 Å². The van der Waals surface area contributed by atoms with Crippen molar-refractivity contribution in [1.29, 1.82) is 0 Å². The Kier molecular flexibility index (Phi) is 9.13. The number of halogens is 4. The quantitative estimate of drug-likeness (QED) is 0.359. The Hall–Kier alpha value is -1.56. The van der Waals surface area contributed by atoms with Crippen LogP contribution in [0.5, 0.6) is 5.75 Å². The molecule has 0 amide bonds. The molecule has 0 aliphatic carbocycles. The minimum absolute atomic E-state index is 0. The minimum atomic E-state index is -4.72. The first-order valence-corrected chi connectivity index (χ1v) is 8.38. The number of guanidine groups is 1. The number of nitrogens with one attached hydrogen (secondary N) is 2. The third-order valence-corrected chi connectivity index (χ3v) is 4.14. The number of aliphatic imine (C=N–C) groups is 1. The monoisotopic (exact) mass is 500 g/mol. The van der Waals surface area contributed by atoms with E-state index in [2.05, 4.69) is 25.3 Å². The number of nitrogens with zero attached hydrogens (tertiary/aromatic N) is 2. The number of aryl methyl sites for hydroxylation is 1. The Bertz CT molecular complexity index is 722. The number of thiazole rings is 1. The molecule has 26 heavy (non-hydrogen) atoms. The average Bonchev–Trinajstić information content (AvgIpc) is 2.96. The molecule has 2 aromatic rings. The van der Waals surface area contributed by atoms with Gasteiger partial charge < -0.3 is 15.4 Å². The van der Waals surface area contributed by atoms with Crippen LogP contribution < -0.4 is 15.4 Å². The van der Waals surface area contributed by atoms with E-state index in [4.69, 9.17) is 0 Å². The number of hydrogen-bond donors (Lipinski definition) is 2. The lowest BCUT2D eigenvalue weighted by Crippen LogP contribution is -2.38. The van der Waals surface area contributed by atoms with Gasteiger partial charge in [-0.05, 0) is 13.0 Å². The predicted molar refractivity (Wildman–Crippen MR) is 107 cm³/mol. The molecule has 10 heteroatoms. The lowest BCUT2D eigenvalue weighted by molar-refractivity contribution is -0.274. The second-order valence-corrected chi connectivity index (χ2v) is 6.44. The number of ether oxygens (including phenoxy) is 1. The van der Waals surface area contributed by atoms with Gasteiger partial charge in [0, 0.05) is 43.2 Å². The van der Waals surface area contributed by atoms with Crippen LogP contribution in [-0.4, -0.2) is 30.9 Å². The summed E-state index contributed by atoms with van der Waals surface area (Å²) >= 11 is 1.63. The first kappa shape index (κ1) is 22.5. The number of para-hydroxylation sites is 1. The molecule has 0 bridgehead atoms. The molecule has 1 heterocycles. The van der Waals surface area contributed by atoms with Crippen LogP contribution in [0.15, 0.2) is 35.5 Å². The summed E-state index contributed by atoms with van der Waals surface area (Å²) in [6, 6.07) is 6.00. The largest absolute Gasteiger partial charge is 0.573 e. The summed E-state index contributed by atoms with van der Waals surface area (Å²) in [7, 11) is 1.60. The maximum atomic E-state index is 12.4. The third kappa shape index (κ3) is 7.77. The smallest absolute Gasteiger partial charge is 0.405 e. The van der Waals surface area contributed by atoms with Gasteiger partial charge in [0.05, 0.1) is 5.01 Å². The minimum Gasteiger partial charge on any atom is -0.405 e. The molecule has 144 valence electrons. The lowest BCUT2D eigenvalue weighted by atomic mass is 10.2. The van der Waals surface area contributed by atoms with Crippen LogP contribution in [-0.2, 0) is 13.0 Å². The Morgan fingerprint density at radius 3 is 2.62 bits per heavy atom. The van der Waals surface area contributed by atoms with E-state index < -0.39 is 6.36 Å². The van der Waals surface area contributed by atoms with E-state index in [9.17, 15) is 13.2 Å². The molecule has 0 spiro atoms. The number of aromatic nitrogens is 1. The van der Waals surface area contributed by atoms with Crippen molar-refractivity contribution in [3.8, 4) is 5.75 Å². The van der Waals surface area contributed by atoms with Gasteiger partial charge in [-0.3, -0.25) is 4.99 Å². The molecule has 0 atom stereocenters. The molecule has 1 aromatic carbocycles. The summed E-state index contributed by atoms with van der Waals surface area (Å²) < 4.78 is 41.3. The molecule has 0 radical (unpaired) electrons. The van der Waals surface area contributed by atoms with Crippen LogP contribution in [0, 0.1) is 6.92 Å². The third-order valence-electron chi connectivity index (χ3n) is 3.17. The van der Waals surface area contributed by atoms with Crippen LogP contribution in [0.1, 0.15) is 15.4 Å². The second kappa shape index (κ2) is 10.6.